The number of anilines is 1. The average Bonchev–Trinajstić information content (AvgIpc) is 3.51. The van der Waals surface area contributed by atoms with Crippen molar-refractivity contribution >= 4 is 23.3 Å². The van der Waals surface area contributed by atoms with Gasteiger partial charge >= 0.3 is 5.91 Å². The van der Waals surface area contributed by atoms with Gasteiger partial charge in [0.25, 0.3) is 5.78 Å². The van der Waals surface area contributed by atoms with Crippen LogP contribution in [0.15, 0.2) is 72.6 Å². The average molecular weight is 496 g/mol. The minimum absolute atomic E-state index is 0.00429. The van der Waals surface area contributed by atoms with Gasteiger partial charge in [0.2, 0.25) is 0 Å². The maximum Gasteiger partial charge on any atom is 0.301 e. The lowest BCUT2D eigenvalue weighted by molar-refractivity contribution is -0.132. The molecule has 1 N–H and O–H groups in total. The highest BCUT2D eigenvalue weighted by molar-refractivity contribution is 6.51. The summed E-state index contributed by atoms with van der Waals surface area (Å²) in [6, 6.07) is 17.1. The molecule has 1 saturated heterocycles. The van der Waals surface area contributed by atoms with Crippen LogP contribution in [0, 0.1) is 6.92 Å². The Hall–Kier alpha value is -4.73. The summed E-state index contributed by atoms with van der Waals surface area (Å²) in [5.74, 6) is -1.26. The van der Waals surface area contributed by atoms with Crippen molar-refractivity contribution in [2.75, 3.05) is 4.90 Å². The molecular formula is C27H25N7O3. The van der Waals surface area contributed by atoms with E-state index in [1.807, 2.05) is 36.4 Å². The van der Waals surface area contributed by atoms with Gasteiger partial charge in [-0.3, -0.25) is 14.5 Å². The summed E-state index contributed by atoms with van der Waals surface area (Å²) in [5, 5.41) is 31.2. The van der Waals surface area contributed by atoms with Crippen LogP contribution in [0.4, 0.5) is 5.82 Å². The lowest BCUT2D eigenvalue weighted by Crippen LogP contribution is -2.30. The third-order valence-corrected chi connectivity index (χ3v) is 6.34. The van der Waals surface area contributed by atoms with Crippen molar-refractivity contribution in [3.63, 3.8) is 0 Å². The number of nitrogens with zero attached hydrogens (tertiary/aromatic N) is 7. The molecule has 37 heavy (non-hydrogen) atoms. The minimum atomic E-state index is -0.889. The van der Waals surface area contributed by atoms with Crippen LogP contribution in [0.3, 0.4) is 0 Å². The second-order valence-corrected chi connectivity index (χ2v) is 9.19. The van der Waals surface area contributed by atoms with Gasteiger partial charge in [-0.2, -0.15) is 9.90 Å². The monoisotopic (exact) mass is 495 g/mol. The summed E-state index contributed by atoms with van der Waals surface area (Å²) in [6.07, 6.45) is 1.36. The number of aliphatic hydroxyl groups is 1. The first-order valence-electron chi connectivity index (χ1n) is 11.8. The van der Waals surface area contributed by atoms with Crippen molar-refractivity contribution in [1.29, 1.82) is 0 Å². The Morgan fingerprint density at radius 2 is 1.70 bits per heavy atom. The smallest absolute Gasteiger partial charge is 0.301 e. The molecule has 1 fully saturated rings. The SMILES string of the molecule is Cc1ccc(N2C(=O)C(=O)C(=C(O)c3ccc(C(C)C)cc3)C2c2ccc(Cn3ncnn3)cc2)nn1. The summed E-state index contributed by atoms with van der Waals surface area (Å²) >= 11 is 0. The Labute approximate surface area is 213 Å². The Morgan fingerprint density at radius 3 is 2.30 bits per heavy atom. The van der Waals surface area contributed by atoms with E-state index < -0.39 is 17.7 Å². The predicted molar refractivity (Wildman–Crippen MR) is 135 cm³/mol. The topological polar surface area (TPSA) is 127 Å². The second-order valence-electron chi connectivity index (χ2n) is 9.19. The second kappa shape index (κ2) is 9.73. The van der Waals surface area contributed by atoms with E-state index in [-0.39, 0.29) is 17.2 Å². The molecule has 2 aromatic carbocycles. The highest BCUT2D eigenvalue weighted by atomic mass is 16.3. The quantitative estimate of drug-likeness (QED) is 0.244. The fraction of sp³-hybridized carbons (Fsp3) is 0.222. The van der Waals surface area contributed by atoms with Gasteiger partial charge in [0, 0.05) is 5.56 Å². The van der Waals surface area contributed by atoms with Crippen LogP contribution in [-0.2, 0) is 16.1 Å². The van der Waals surface area contributed by atoms with Crippen molar-refractivity contribution < 1.29 is 14.7 Å². The molecule has 0 aliphatic carbocycles. The van der Waals surface area contributed by atoms with Gasteiger partial charge in [0.1, 0.15) is 5.76 Å². The van der Waals surface area contributed by atoms with Crippen LogP contribution in [0.25, 0.3) is 5.76 Å². The third kappa shape index (κ3) is 4.61. The molecule has 186 valence electrons. The highest BCUT2D eigenvalue weighted by Gasteiger charge is 2.47. The van der Waals surface area contributed by atoms with Crippen LogP contribution in [-0.4, -0.2) is 47.2 Å². The Morgan fingerprint density at radius 1 is 0.973 bits per heavy atom. The minimum Gasteiger partial charge on any atom is -0.507 e. The van der Waals surface area contributed by atoms with Crippen molar-refractivity contribution in [2.45, 2.75) is 39.3 Å². The molecule has 2 aromatic heterocycles. The zero-order chi connectivity index (χ0) is 26.1. The van der Waals surface area contributed by atoms with Gasteiger partial charge in [-0.1, -0.05) is 62.4 Å². The van der Waals surface area contributed by atoms with E-state index in [9.17, 15) is 14.7 Å². The molecule has 10 heteroatoms. The first-order chi connectivity index (χ1) is 17.8. The third-order valence-electron chi connectivity index (χ3n) is 6.34. The molecule has 0 spiro atoms. The molecule has 1 unspecified atom stereocenters. The van der Waals surface area contributed by atoms with E-state index in [4.69, 9.17) is 0 Å². The largest absolute Gasteiger partial charge is 0.507 e. The first-order valence-corrected chi connectivity index (χ1v) is 11.8. The van der Waals surface area contributed by atoms with Gasteiger partial charge in [0.05, 0.1) is 23.9 Å². The number of hydrogen-bond donors (Lipinski definition) is 1. The number of aromatic nitrogens is 6. The van der Waals surface area contributed by atoms with Gasteiger partial charge in [-0.15, -0.1) is 15.3 Å². The van der Waals surface area contributed by atoms with Crippen LogP contribution in [0.1, 0.15) is 53.8 Å². The van der Waals surface area contributed by atoms with Crippen LogP contribution >= 0.6 is 0 Å². The number of hydrogen-bond acceptors (Lipinski definition) is 8. The fourth-order valence-corrected chi connectivity index (χ4v) is 4.32. The van der Waals surface area contributed by atoms with Crippen molar-refractivity contribution in [3.05, 3.63) is 101 Å². The van der Waals surface area contributed by atoms with E-state index in [1.54, 1.807) is 31.2 Å². The number of amides is 1. The zero-order valence-electron chi connectivity index (χ0n) is 20.6. The normalized spacial score (nSPS) is 17.1. The number of carbonyl (C=O) groups excluding carboxylic acids is 2. The summed E-state index contributed by atoms with van der Waals surface area (Å²) < 4.78 is 0. The lowest BCUT2D eigenvalue weighted by Gasteiger charge is -2.24. The van der Waals surface area contributed by atoms with Crippen molar-refractivity contribution in [2.24, 2.45) is 0 Å². The first kappa shape index (κ1) is 24.0. The number of Topliss-reactive ketones (excluding diaryl/α,β-unsaturated/α-hetero) is 1. The highest BCUT2D eigenvalue weighted by Crippen LogP contribution is 2.41. The van der Waals surface area contributed by atoms with E-state index in [0.717, 1.165) is 11.1 Å². The van der Waals surface area contributed by atoms with Crippen molar-refractivity contribution in [3.8, 4) is 0 Å². The van der Waals surface area contributed by atoms with Gasteiger partial charge in [-0.25, -0.2) is 0 Å². The molecule has 1 amide bonds. The number of carbonyl (C=O) groups is 2. The number of aryl methyl sites for hydroxylation is 1. The molecule has 0 radical (unpaired) electrons. The molecule has 4 aromatic rings. The van der Waals surface area contributed by atoms with Gasteiger partial charge in [0.15, 0.2) is 12.1 Å². The molecule has 1 atom stereocenters. The van der Waals surface area contributed by atoms with E-state index >= 15 is 0 Å². The van der Waals surface area contributed by atoms with Crippen LogP contribution in [0.2, 0.25) is 0 Å². The lowest BCUT2D eigenvalue weighted by atomic mass is 9.93. The van der Waals surface area contributed by atoms with E-state index in [1.165, 1.54) is 16.0 Å². The number of tetrazole rings is 1. The van der Waals surface area contributed by atoms with E-state index in [0.29, 0.717) is 29.3 Å². The molecule has 5 rings (SSSR count). The summed E-state index contributed by atoms with van der Waals surface area (Å²) in [6.45, 7) is 6.34. The van der Waals surface area contributed by atoms with Gasteiger partial charge < -0.3 is 5.11 Å². The van der Waals surface area contributed by atoms with E-state index in [2.05, 4.69) is 39.5 Å². The Bertz CT molecular complexity index is 1460. The van der Waals surface area contributed by atoms with Gasteiger partial charge in [-0.05, 0) is 46.9 Å². The molecule has 3 heterocycles. The number of rotatable bonds is 6. The van der Waals surface area contributed by atoms with Crippen LogP contribution in [0.5, 0.6) is 0 Å². The zero-order valence-corrected chi connectivity index (χ0v) is 20.6. The van der Waals surface area contributed by atoms with Crippen molar-refractivity contribution in [1.82, 2.24) is 30.4 Å². The Balaban J connectivity index is 1.61. The predicted octanol–water partition coefficient (Wildman–Crippen LogP) is 3.57. The maximum atomic E-state index is 13.3. The number of aliphatic hydroxyl groups excluding tert-OH is 1. The number of benzene rings is 2. The molecule has 1 aliphatic heterocycles. The molecule has 0 saturated carbocycles. The molecule has 1 aliphatic rings. The Kier molecular flexibility index (Phi) is 6.31. The maximum absolute atomic E-state index is 13.3. The molecular weight excluding hydrogens is 470 g/mol. The summed E-state index contributed by atoms with van der Waals surface area (Å²) in [5.41, 5.74) is 3.76. The number of ketones is 1. The molecule has 10 nitrogen and oxygen atoms in total. The van der Waals surface area contributed by atoms with Crippen LogP contribution < -0.4 is 4.90 Å². The fourth-order valence-electron chi connectivity index (χ4n) is 4.32. The standard InChI is InChI=1S/C27H25N7O3/c1-16(2)19-9-11-21(12-10-19)25(35)23-24(20-7-5-18(6-8-20)14-33-29-15-28-32-33)34(27(37)26(23)36)22-13-4-17(3)30-31-22/h4-13,15-16,24,35H,14H2,1-3H3. The molecule has 0 bridgehead atoms. The summed E-state index contributed by atoms with van der Waals surface area (Å²) in [7, 11) is 0. The summed E-state index contributed by atoms with van der Waals surface area (Å²) in [4.78, 5) is 29.3.